The Kier molecular flexibility index (Phi) is 1.99. The van der Waals surface area contributed by atoms with E-state index in [-0.39, 0.29) is 11.6 Å². The van der Waals surface area contributed by atoms with E-state index < -0.39 is 49.0 Å². The van der Waals surface area contributed by atoms with Crippen molar-refractivity contribution in [1.82, 2.24) is 0 Å². The third-order valence-corrected chi connectivity index (χ3v) is 10.2. The normalized spacial score (nSPS) is 67.3. The molecule has 5 saturated carbocycles. The Hall–Kier alpha value is 0.420. The van der Waals surface area contributed by atoms with Gasteiger partial charge in [-0.25, -0.2) is 0 Å². The first kappa shape index (κ1) is 13.8. The van der Waals surface area contributed by atoms with Gasteiger partial charge >= 0.3 is 0 Å². The number of methoxy groups -OCH3 is 2. The molecule has 0 heterocycles. The SMILES string of the molecule is COC1(OC)[C@]2(Cl)[C@@H]3C(=O)[C@@H]4[C@H]5C(=O)[C@@H]3[C@@]1(Cl)[C@]5(Cl)[C@]42Cl. The number of ether oxygens (including phenoxy) is 2. The van der Waals surface area contributed by atoms with Gasteiger partial charge in [0.25, 0.3) is 0 Å². The second-order valence-electron chi connectivity index (χ2n) is 6.59. The van der Waals surface area contributed by atoms with Crippen LogP contribution in [0, 0.1) is 23.7 Å². The Labute approximate surface area is 140 Å². The molecule has 8 atom stereocenters. The Balaban J connectivity index is 1.99. The van der Waals surface area contributed by atoms with Gasteiger partial charge in [-0.1, -0.05) is 0 Å². The third kappa shape index (κ3) is 0.701. The van der Waals surface area contributed by atoms with Gasteiger partial charge < -0.3 is 9.47 Å². The minimum Gasteiger partial charge on any atom is -0.350 e. The Morgan fingerprint density at radius 1 is 0.714 bits per heavy atom. The molecule has 5 aliphatic carbocycles. The number of alkyl halides is 4. The lowest BCUT2D eigenvalue weighted by Crippen LogP contribution is -2.73. The van der Waals surface area contributed by atoms with E-state index in [1.807, 2.05) is 0 Å². The summed E-state index contributed by atoms with van der Waals surface area (Å²) >= 11 is 27.4. The van der Waals surface area contributed by atoms with E-state index in [2.05, 4.69) is 0 Å². The number of fused-ring (bicyclic) bond motifs is 2. The molecule has 0 unspecified atom stereocenters. The minimum absolute atomic E-state index is 0.135. The number of halogens is 4. The second-order valence-corrected chi connectivity index (χ2v) is 8.97. The highest BCUT2D eigenvalue weighted by atomic mass is 35.5. The Morgan fingerprint density at radius 2 is 1.00 bits per heavy atom. The smallest absolute Gasteiger partial charge is 0.211 e. The molecular weight excluding hydrogens is 362 g/mol. The number of Topliss-reactive ketones (excluding diaryl/α,β-unsaturated/α-hetero) is 2. The topological polar surface area (TPSA) is 52.6 Å². The van der Waals surface area contributed by atoms with Gasteiger partial charge in [-0.2, -0.15) is 0 Å². The molecule has 0 amide bonds. The van der Waals surface area contributed by atoms with Crippen LogP contribution in [-0.4, -0.2) is 51.1 Å². The second kappa shape index (κ2) is 3.03. The van der Waals surface area contributed by atoms with Crippen LogP contribution in [0.15, 0.2) is 0 Å². The van der Waals surface area contributed by atoms with E-state index in [0.29, 0.717) is 0 Å². The summed E-state index contributed by atoms with van der Waals surface area (Å²) in [5.74, 6) is -4.86. The highest BCUT2D eigenvalue weighted by Gasteiger charge is 3.12. The predicted molar refractivity (Wildman–Crippen MR) is 75.1 cm³/mol. The lowest BCUT2D eigenvalue weighted by Gasteiger charge is -2.57. The highest BCUT2D eigenvalue weighted by molar-refractivity contribution is 6.56. The maximum atomic E-state index is 12.7. The molecule has 5 rings (SSSR count). The first-order valence-electron chi connectivity index (χ1n) is 6.61. The molecule has 0 aliphatic heterocycles. The van der Waals surface area contributed by atoms with E-state index in [9.17, 15) is 9.59 Å². The summed E-state index contributed by atoms with van der Waals surface area (Å²) in [5.41, 5.74) is 0. The molecule has 5 aliphatic rings. The molecule has 0 spiro atoms. The number of hydrogen-bond donors (Lipinski definition) is 0. The van der Waals surface area contributed by atoms with Gasteiger partial charge in [0.15, 0.2) is 0 Å². The Bertz CT molecular complexity index is 613. The fraction of sp³-hybridized carbons (Fsp3) is 0.846. The van der Waals surface area contributed by atoms with Crippen molar-refractivity contribution in [3.05, 3.63) is 0 Å². The minimum atomic E-state index is -1.58. The molecule has 21 heavy (non-hydrogen) atoms. The van der Waals surface area contributed by atoms with Gasteiger partial charge in [-0.15, -0.1) is 46.4 Å². The van der Waals surface area contributed by atoms with Crippen LogP contribution >= 0.6 is 46.4 Å². The molecule has 0 aromatic carbocycles. The zero-order chi connectivity index (χ0) is 15.4. The quantitative estimate of drug-likeness (QED) is 0.546. The van der Waals surface area contributed by atoms with E-state index in [4.69, 9.17) is 55.9 Å². The van der Waals surface area contributed by atoms with Crippen LogP contribution in [0.5, 0.6) is 0 Å². The summed E-state index contributed by atoms with van der Waals surface area (Å²) in [6.07, 6.45) is 0. The zero-order valence-corrected chi connectivity index (χ0v) is 14.0. The van der Waals surface area contributed by atoms with E-state index in [1.54, 1.807) is 0 Å². The molecule has 0 saturated heterocycles. The first-order valence-corrected chi connectivity index (χ1v) is 8.13. The van der Waals surface area contributed by atoms with Gasteiger partial charge in [0.05, 0.1) is 23.7 Å². The van der Waals surface area contributed by atoms with Crippen LogP contribution in [0.3, 0.4) is 0 Å². The van der Waals surface area contributed by atoms with Gasteiger partial charge in [0.1, 0.15) is 31.1 Å². The molecule has 0 aromatic rings. The van der Waals surface area contributed by atoms with Crippen molar-refractivity contribution in [2.24, 2.45) is 23.7 Å². The van der Waals surface area contributed by atoms with E-state index >= 15 is 0 Å². The zero-order valence-electron chi connectivity index (χ0n) is 11.0. The Morgan fingerprint density at radius 3 is 1.29 bits per heavy atom. The number of carbonyl (C=O) groups is 2. The van der Waals surface area contributed by atoms with Crippen molar-refractivity contribution in [2.75, 3.05) is 14.2 Å². The van der Waals surface area contributed by atoms with Crippen LogP contribution in [0.2, 0.25) is 0 Å². The summed E-state index contributed by atoms with van der Waals surface area (Å²) in [5, 5.41) is 0. The van der Waals surface area contributed by atoms with Gasteiger partial charge in [0.2, 0.25) is 5.79 Å². The lowest BCUT2D eigenvalue weighted by atomic mass is 9.57. The molecule has 4 nitrogen and oxygen atoms in total. The van der Waals surface area contributed by atoms with Crippen LogP contribution in [0.1, 0.15) is 0 Å². The fourth-order valence-electron chi connectivity index (χ4n) is 6.37. The molecular formula is C13H10Cl4O4. The average molecular weight is 372 g/mol. The van der Waals surface area contributed by atoms with Crippen LogP contribution < -0.4 is 0 Å². The largest absolute Gasteiger partial charge is 0.350 e. The summed E-state index contributed by atoms with van der Waals surface area (Å²) < 4.78 is 11.2. The van der Waals surface area contributed by atoms with Crippen LogP contribution in [-0.2, 0) is 19.1 Å². The third-order valence-electron chi connectivity index (χ3n) is 6.73. The maximum Gasteiger partial charge on any atom is 0.211 e. The number of hydrogen-bond acceptors (Lipinski definition) is 4. The summed E-state index contributed by atoms with van der Waals surface area (Å²) in [4.78, 5) is 19.9. The summed E-state index contributed by atoms with van der Waals surface area (Å²) in [6, 6.07) is 0. The van der Waals surface area contributed by atoms with Crippen molar-refractivity contribution in [2.45, 2.75) is 25.3 Å². The first-order chi connectivity index (χ1) is 9.68. The van der Waals surface area contributed by atoms with Gasteiger partial charge in [-0.3, -0.25) is 9.59 Å². The summed E-state index contributed by atoms with van der Waals surface area (Å²) in [6.45, 7) is 0. The molecule has 0 N–H and O–H groups in total. The van der Waals surface area contributed by atoms with Crippen molar-refractivity contribution in [1.29, 1.82) is 0 Å². The standard InChI is InChI=1S/C13H10Cl4O4/c1-20-13(21-2)11(16)5-6-8(19)4-3(7(5)18)9(11,14)10(4,15)12(6,13)17/h3-6H,1-2H3/t3-,4-,5-,6+,9+,10+,11-,12+/m0/s1. The average Bonchev–Trinajstić information content (AvgIpc) is 2.73. The predicted octanol–water partition coefficient (Wildman–Crippen LogP) is 1.56. The molecule has 5 fully saturated rings. The number of rotatable bonds is 2. The molecule has 0 radical (unpaired) electrons. The lowest BCUT2D eigenvalue weighted by molar-refractivity contribution is -0.224. The van der Waals surface area contributed by atoms with Crippen LogP contribution in [0.4, 0.5) is 0 Å². The maximum absolute atomic E-state index is 12.7. The molecule has 0 aromatic heterocycles. The van der Waals surface area contributed by atoms with E-state index in [1.165, 1.54) is 14.2 Å². The fourth-order valence-corrected chi connectivity index (χ4v) is 9.60. The van der Waals surface area contributed by atoms with Crippen molar-refractivity contribution >= 4 is 58.0 Å². The van der Waals surface area contributed by atoms with Crippen molar-refractivity contribution in [3.63, 3.8) is 0 Å². The monoisotopic (exact) mass is 370 g/mol. The van der Waals surface area contributed by atoms with Crippen molar-refractivity contribution < 1.29 is 19.1 Å². The van der Waals surface area contributed by atoms with Gasteiger partial charge in [-0.05, 0) is 0 Å². The van der Waals surface area contributed by atoms with E-state index in [0.717, 1.165) is 0 Å². The van der Waals surface area contributed by atoms with Crippen LogP contribution in [0.25, 0.3) is 0 Å². The molecule has 8 heteroatoms. The molecule has 114 valence electrons. The molecule has 2 bridgehead atoms. The summed E-state index contributed by atoms with van der Waals surface area (Å²) in [7, 11) is 2.77. The number of carbonyl (C=O) groups excluding carboxylic acids is 2. The number of ketones is 2. The van der Waals surface area contributed by atoms with Crippen molar-refractivity contribution in [3.8, 4) is 0 Å². The highest BCUT2D eigenvalue weighted by Crippen LogP contribution is 2.95. The van der Waals surface area contributed by atoms with Gasteiger partial charge in [0, 0.05) is 14.2 Å².